The molecule has 2 aliphatic heterocycles. The number of anilines is 1. The van der Waals surface area contributed by atoms with Gasteiger partial charge in [-0.1, -0.05) is 37.3 Å². The van der Waals surface area contributed by atoms with Crippen molar-refractivity contribution in [1.82, 2.24) is 10.2 Å². The third kappa shape index (κ3) is 4.13. The van der Waals surface area contributed by atoms with Crippen LogP contribution in [0.2, 0.25) is 0 Å². The minimum atomic E-state index is -1.07. The summed E-state index contributed by atoms with van der Waals surface area (Å²) >= 11 is 1.30. The van der Waals surface area contributed by atoms with Crippen molar-refractivity contribution in [3.8, 4) is 0 Å². The summed E-state index contributed by atoms with van der Waals surface area (Å²) in [7, 11) is 1.30. The monoisotopic (exact) mass is 499 g/mol. The number of hydrogen-bond acceptors (Lipinski definition) is 8. The Balaban J connectivity index is 1.58. The average Bonchev–Trinajstić information content (AvgIpc) is 3.41. The lowest BCUT2D eigenvalue weighted by molar-refractivity contribution is -0.133. The van der Waals surface area contributed by atoms with Gasteiger partial charge in [-0.2, -0.15) is 0 Å². The number of amides is 1. The van der Waals surface area contributed by atoms with Gasteiger partial charge in [-0.3, -0.25) is 14.5 Å². The maximum absolute atomic E-state index is 14.2. The SMILES string of the molecule is COC(=O)c1ccc(C2C3=C(OC4CCC(F)CC4C3=O)C(=O)N2c2nnc(CC(C)C)s2)cc1. The van der Waals surface area contributed by atoms with Gasteiger partial charge in [0.1, 0.15) is 17.3 Å². The van der Waals surface area contributed by atoms with Crippen molar-refractivity contribution in [2.75, 3.05) is 12.0 Å². The van der Waals surface area contributed by atoms with Gasteiger partial charge in [0.25, 0.3) is 5.91 Å². The van der Waals surface area contributed by atoms with Crippen LogP contribution >= 0.6 is 11.3 Å². The first-order valence-electron chi connectivity index (χ1n) is 11.7. The van der Waals surface area contributed by atoms with Crippen molar-refractivity contribution in [2.24, 2.45) is 11.8 Å². The zero-order chi connectivity index (χ0) is 24.9. The molecule has 3 aliphatic rings. The molecule has 1 fully saturated rings. The molecule has 1 aromatic carbocycles. The summed E-state index contributed by atoms with van der Waals surface area (Å²) in [6.45, 7) is 4.14. The van der Waals surface area contributed by atoms with Crippen molar-refractivity contribution >= 4 is 34.1 Å². The van der Waals surface area contributed by atoms with Crippen LogP contribution in [0.25, 0.3) is 0 Å². The zero-order valence-corrected chi connectivity index (χ0v) is 20.5. The topological polar surface area (TPSA) is 98.7 Å². The summed E-state index contributed by atoms with van der Waals surface area (Å²) in [4.78, 5) is 40.7. The molecule has 5 rings (SSSR count). The number of ether oxygens (including phenoxy) is 2. The van der Waals surface area contributed by atoms with Crippen molar-refractivity contribution < 1.29 is 28.2 Å². The van der Waals surface area contributed by atoms with Crippen LogP contribution in [-0.4, -0.2) is 47.2 Å². The minimum Gasteiger partial charge on any atom is -0.483 e. The summed E-state index contributed by atoms with van der Waals surface area (Å²) in [6.07, 6.45) is -0.0910. The number of aromatic nitrogens is 2. The van der Waals surface area contributed by atoms with Gasteiger partial charge in [0.2, 0.25) is 5.13 Å². The highest BCUT2D eigenvalue weighted by molar-refractivity contribution is 7.15. The maximum Gasteiger partial charge on any atom is 0.337 e. The number of rotatable bonds is 5. The number of carbonyl (C=O) groups is 3. The average molecular weight is 500 g/mol. The van der Waals surface area contributed by atoms with E-state index in [1.54, 1.807) is 24.3 Å². The molecular formula is C25H26FN3O5S. The molecule has 0 N–H and O–H groups in total. The van der Waals surface area contributed by atoms with Gasteiger partial charge < -0.3 is 9.47 Å². The van der Waals surface area contributed by atoms with Crippen LogP contribution in [0.4, 0.5) is 9.52 Å². The third-order valence-electron chi connectivity index (χ3n) is 6.68. The van der Waals surface area contributed by atoms with Crippen molar-refractivity contribution in [3.05, 3.63) is 51.7 Å². The van der Waals surface area contributed by atoms with Crippen LogP contribution in [0.3, 0.4) is 0 Å². The second-order valence-electron chi connectivity index (χ2n) is 9.55. The van der Waals surface area contributed by atoms with E-state index in [1.807, 2.05) is 0 Å². The van der Waals surface area contributed by atoms with E-state index in [9.17, 15) is 18.8 Å². The number of ketones is 1. The number of alkyl halides is 1. The Morgan fingerprint density at radius 3 is 2.66 bits per heavy atom. The molecule has 1 saturated carbocycles. The molecule has 0 saturated heterocycles. The highest BCUT2D eigenvalue weighted by Crippen LogP contribution is 2.49. The Kier molecular flexibility index (Phi) is 6.16. The summed E-state index contributed by atoms with van der Waals surface area (Å²) in [5, 5.41) is 9.67. The van der Waals surface area contributed by atoms with Gasteiger partial charge in [0.15, 0.2) is 11.5 Å². The third-order valence-corrected chi connectivity index (χ3v) is 7.62. The quantitative estimate of drug-likeness (QED) is 0.574. The van der Waals surface area contributed by atoms with Gasteiger partial charge in [-0.15, -0.1) is 10.2 Å². The van der Waals surface area contributed by atoms with Gasteiger partial charge in [-0.05, 0) is 42.9 Å². The van der Waals surface area contributed by atoms with Crippen LogP contribution < -0.4 is 4.90 Å². The predicted octanol–water partition coefficient (Wildman–Crippen LogP) is 3.97. The molecule has 0 spiro atoms. The normalized spacial score (nSPS) is 26.0. The molecule has 1 aliphatic carbocycles. The highest BCUT2D eigenvalue weighted by Gasteiger charge is 2.54. The number of methoxy groups -OCH3 is 1. The molecule has 4 atom stereocenters. The largest absolute Gasteiger partial charge is 0.483 e. The number of hydrogen-bond donors (Lipinski definition) is 0. The number of nitrogens with zero attached hydrogens (tertiary/aromatic N) is 3. The number of fused-ring (bicyclic) bond motifs is 1. The van der Waals surface area contributed by atoms with Crippen LogP contribution in [-0.2, 0) is 25.5 Å². The molecule has 0 bridgehead atoms. The second kappa shape index (κ2) is 9.14. The maximum atomic E-state index is 14.2. The summed E-state index contributed by atoms with van der Waals surface area (Å²) in [5.74, 6) is -1.47. The van der Waals surface area contributed by atoms with E-state index in [1.165, 1.54) is 23.3 Å². The van der Waals surface area contributed by atoms with Crippen LogP contribution in [0, 0.1) is 11.8 Å². The van der Waals surface area contributed by atoms with Gasteiger partial charge in [-0.25, -0.2) is 9.18 Å². The smallest absolute Gasteiger partial charge is 0.337 e. The number of Topliss-reactive ketones (excluding diaryl/α,β-unsaturated/α-hetero) is 1. The molecule has 2 aromatic rings. The molecule has 8 nitrogen and oxygen atoms in total. The number of benzene rings is 1. The second-order valence-corrected chi connectivity index (χ2v) is 10.6. The Hall–Kier alpha value is -3.14. The van der Waals surface area contributed by atoms with Crippen molar-refractivity contribution in [2.45, 2.75) is 57.8 Å². The number of halogens is 1. The van der Waals surface area contributed by atoms with E-state index >= 15 is 0 Å². The predicted molar refractivity (Wildman–Crippen MR) is 126 cm³/mol. The fourth-order valence-corrected chi connectivity index (χ4v) is 6.10. The van der Waals surface area contributed by atoms with Crippen LogP contribution in [0.5, 0.6) is 0 Å². The Bertz CT molecular complexity index is 1210. The van der Waals surface area contributed by atoms with E-state index < -0.39 is 36.1 Å². The summed E-state index contributed by atoms with van der Waals surface area (Å²) in [6, 6.07) is 5.73. The molecular weight excluding hydrogens is 473 g/mol. The number of esters is 1. The molecule has 0 radical (unpaired) electrons. The first kappa shape index (κ1) is 23.6. The fraction of sp³-hybridized carbons (Fsp3) is 0.480. The minimum absolute atomic E-state index is 0.0104. The molecule has 3 heterocycles. The van der Waals surface area contributed by atoms with Gasteiger partial charge in [0.05, 0.1) is 30.2 Å². The van der Waals surface area contributed by atoms with E-state index in [2.05, 4.69) is 24.0 Å². The van der Waals surface area contributed by atoms with Crippen molar-refractivity contribution in [3.63, 3.8) is 0 Å². The van der Waals surface area contributed by atoms with Crippen molar-refractivity contribution in [1.29, 1.82) is 0 Å². The molecule has 35 heavy (non-hydrogen) atoms. The lowest BCUT2D eigenvalue weighted by Crippen LogP contribution is -2.42. The molecule has 1 aromatic heterocycles. The molecule has 10 heteroatoms. The fourth-order valence-electron chi connectivity index (χ4n) is 5.02. The summed E-state index contributed by atoms with van der Waals surface area (Å²) in [5.41, 5.74) is 1.17. The zero-order valence-electron chi connectivity index (χ0n) is 19.7. The first-order valence-corrected chi connectivity index (χ1v) is 12.5. The van der Waals surface area contributed by atoms with Gasteiger partial charge in [0, 0.05) is 6.42 Å². The van der Waals surface area contributed by atoms with E-state index in [-0.39, 0.29) is 23.5 Å². The van der Waals surface area contributed by atoms with Gasteiger partial charge >= 0.3 is 5.97 Å². The first-order chi connectivity index (χ1) is 16.8. The lowest BCUT2D eigenvalue weighted by Gasteiger charge is -2.36. The Morgan fingerprint density at radius 2 is 1.97 bits per heavy atom. The van der Waals surface area contributed by atoms with Crippen LogP contribution in [0.1, 0.15) is 60.1 Å². The molecule has 184 valence electrons. The van der Waals surface area contributed by atoms with E-state index in [0.717, 1.165) is 5.01 Å². The molecule has 4 unspecified atom stereocenters. The Morgan fingerprint density at radius 1 is 1.23 bits per heavy atom. The van der Waals surface area contributed by atoms with Crippen LogP contribution in [0.15, 0.2) is 35.6 Å². The summed E-state index contributed by atoms with van der Waals surface area (Å²) < 4.78 is 25.1. The highest BCUT2D eigenvalue weighted by atomic mass is 32.1. The number of carbonyl (C=O) groups excluding carboxylic acids is 3. The lowest BCUT2D eigenvalue weighted by atomic mass is 9.77. The Labute approximate surface area is 206 Å². The molecule has 1 amide bonds. The standard InChI is InChI=1S/C25H26FN3O5S/c1-12(2)10-18-27-28-25(35-18)29-20(13-4-6-14(7-5-13)24(32)33-3)19-21(30)16-11-15(26)8-9-17(16)34-22(19)23(29)31/h4-7,12,15-17,20H,8-11H2,1-3H3. The van der Waals surface area contributed by atoms with E-state index in [4.69, 9.17) is 9.47 Å². The van der Waals surface area contributed by atoms with E-state index in [0.29, 0.717) is 41.4 Å².